The van der Waals surface area contributed by atoms with Gasteiger partial charge < -0.3 is 34.8 Å². The molecular weight excluding hydrogens is 585 g/mol. The summed E-state index contributed by atoms with van der Waals surface area (Å²) in [5, 5.41) is 43.2. The summed E-state index contributed by atoms with van der Waals surface area (Å²) >= 11 is 0. The van der Waals surface area contributed by atoms with Crippen LogP contribution in [0.2, 0.25) is 0 Å². The fraction of sp³-hybridized carbons (Fsp3) is 0.300. The Bertz CT molecular complexity index is 1620. The Kier molecular flexibility index (Phi) is 8.09. The minimum absolute atomic E-state index is 0.0591. The number of hydrogen-bond donors (Lipinski definition) is 4. The number of ether oxygens (including phenoxy) is 3. The van der Waals surface area contributed by atoms with Gasteiger partial charge in [-0.3, -0.25) is 4.79 Å². The van der Waals surface area contributed by atoms with Gasteiger partial charge >= 0.3 is 0 Å². The fourth-order valence-electron chi connectivity index (χ4n) is 5.48. The molecule has 2 saturated heterocycles. The van der Waals surface area contributed by atoms with Crippen LogP contribution in [0.4, 0.5) is 13.2 Å². The Balaban J connectivity index is 1.23. The van der Waals surface area contributed by atoms with E-state index in [1.54, 1.807) is 36.4 Å². The van der Waals surface area contributed by atoms with Crippen molar-refractivity contribution < 1.29 is 47.5 Å². The van der Waals surface area contributed by atoms with Crippen LogP contribution in [0.3, 0.4) is 0 Å². The van der Waals surface area contributed by atoms with E-state index in [0.717, 1.165) is 16.8 Å². The summed E-state index contributed by atoms with van der Waals surface area (Å²) in [5.74, 6) is -5.79. The van der Waals surface area contributed by atoms with Crippen LogP contribution in [-0.4, -0.2) is 79.6 Å². The van der Waals surface area contributed by atoms with Crippen molar-refractivity contribution in [3.63, 3.8) is 0 Å². The number of amides is 1. The van der Waals surface area contributed by atoms with Crippen molar-refractivity contribution in [2.75, 3.05) is 13.2 Å². The third kappa shape index (κ3) is 5.42. The van der Waals surface area contributed by atoms with E-state index in [1.165, 1.54) is 6.20 Å². The third-order valence-electron chi connectivity index (χ3n) is 7.70. The predicted octanol–water partition coefficient (Wildman–Crippen LogP) is 2.72. The quantitative estimate of drug-likeness (QED) is 0.231. The number of nitrogens with one attached hydrogen (secondary N) is 1. The number of carbonyl (C=O) groups is 1. The molecule has 6 rings (SSSR count). The summed E-state index contributed by atoms with van der Waals surface area (Å²) in [5.41, 5.74) is 0.0625. The first-order chi connectivity index (χ1) is 21.2. The molecular formula is C30H27F3N4O7. The third-order valence-corrected chi connectivity index (χ3v) is 7.70. The largest absolute Gasteiger partial charge is 0.457 e. The van der Waals surface area contributed by atoms with Crippen molar-refractivity contribution in [3.05, 3.63) is 95.9 Å². The minimum atomic E-state index is -1.91. The lowest BCUT2D eigenvalue weighted by Crippen LogP contribution is -2.69. The maximum absolute atomic E-state index is 13.8. The van der Waals surface area contributed by atoms with Crippen LogP contribution in [-0.2, 0) is 9.47 Å². The summed E-state index contributed by atoms with van der Waals surface area (Å²) in [6, 6.07) is 14.7. The molecule has 1 aromatic heterocycles. The van der Waals surface area contributed by atoms with Gasteiger partial charge in [0, 0.05) is 11.1 Å². The Morgan fingerprint density at radius 2 is 1.73 bits per heavy atom. The van der Waals surface area contributed by atoms with Gasteiger partial charge in [-0.1, -0.05) is 23.4 Å². The van der Waals surface area contributed by atoms with E-state index in [1.807, 2.05) is 18.2 Å². The highest BCUT2D eigenvalue weighted by Crippen LogP contribution is 2.43. The van der Waals surface area contributed by atoms with Gasteiger partial charge in [-0.15, -0.1) is 5.10 Å². The van der Waals surface area contributed by atoms with Gasteiger partial charge in [-0.05, 0) is 55.0 Å². The molecule has 0 bridgehead atoms. The van der Waals surface area contributed by atoms with Crippen molar-refractivity contribution in [1.29, 1.82) is 0 Å². The highest BCUT2D eigenvalue weighted by atomic mass is 19.2. The topological polar surface area (TPSA) is 148 Å². The molecule has 2 aliphatic heterocycles. The summed E-state index contributed by atoms with van der Waals surface area (Å²) in [6.45, 7) is -0.626. The van der Waals surface area contributed by atoms with Gasteiger partial charge in [0.25, 0.3) is 5.91 Å². The minimum Gasteiger partial charge on any atom is -0.457 e. The second-order valence-corrected chi connectivity index (χ2v) is 10.4. The normalized spacial score (nSPS) is 26.5. The van der Waals surface area contributed by atoms with E-state index in [4.69, 9.17) is 14.2 Å². The van der Waals surface area contributed by atoms with Crippen LogP contribution in [0.1, 0.15) is 22.8 Å². The van der Waals surface area contributed by atoms with E-state index < -0.39 is 66.1 Å². The zero-order valence-electron chi connectivity index (χ0n) is 22.9. The molecule has 0 aliphatic carbocycles. The molecule has 230 valence electrons. The summed E-state index contributed by atoms with van der Waals surface area (Å²) < 4.78 is 59.7. The van der Waals surface area contributed by atoms with Crippen molar-refractivity contribution >= 4 is 5.91 Å². The molecule has 3 heterocycles. The van der Waals surface area contributed by atoms with Crippen LogP contribution in [0.25, 0.3) is 11.3 Å². The van der Waals surface area contributed by atoms with E-state index in [0.29, 0.717) is 11.5 Å². The first-order valence-electron chi connectivity index (χ1n) is 13.7. The average molecular weight is 613 g/mol. The molecule has 14 heteroatoms. The first-order valence-corrected chi connectivity index (χ1v) is 13.7. The lowest BCUT2D eigenvalue weighted by molar-refractivity contribution is -0.344. The Morgan fingerprint density at radius 1 is 1.05 bits per heavy atom. The number of nitrogens with zero attached hydrogens (tertiary/aromatic N) is 3. The van der Waals surface area contributed by atoms with Crippen molar-refractivity contribution in [2.24, 2.45) is 0 Å². The molecule has 3 aromatic carbocycles. The van der Waals surface area contributed by atoms with E-state index in [2.05, 4.69) is 15.6 Å². The van der Waals surface area contributed by atoms with Crippen molar-refractivity contribution in [3.8, 4) is 22.8 Å². The molecule has 2 aliphatic rings. The van der Waals surface area contributed by atoms with Gasteiger partial charge in [0.2, 0.25) is 5.79 Å². The molecule has 1 spiro atoms. The second-order valence-electron chi connectivity index (χ2n) is 10.4. The van der Waals surface area contributed by atoms with Gasteiger partial charge in [0.05, 0.1) is 25.5 Å². The van der Waals surface area contributed by atoms with Crippen LogP contribution in [0.5, 0.6) is 11.5 Å². The average Bonchev–Trinajstić information content (AvgIpc) is 3.67. The molecule has 0 unspecified atom stereocenters. The molecule has 0 radical (unpaired) electrons. The van der Waals surface area contributed by atoms with Crippen LogP contribution >= 0.6 is 0 Å². The van der Waals surface area contributed by atoms with Gasteiger partial charge in [0.15, 0.2) is 17.5 Å². The monoisotopic (exact) mass is 612 g/mol. The Hall–Kier alpha value is -4.34. The number of hydrogen-bond acceptors (Lipinski definition) is 9. The summed E-state index contributed by atoms with van der Waals surface area (Å²) in [6.07, 6.45) is -3.10. The molecule has 4 aromatic rings. The van der Waals surface area contributed by atoms with E-state index in [9.17, 15) is 33.3 Å². The van der Waals surface area contributed by atoms with Crippen LogP contribution in [0, 0.1) is 17.5 Å². The van der Waals surface area contributed by atoms with Gasteiger partial charge in [-0.2, -0.15) is 0 Å². The maximum Gasteiger partial charge on any atom is 0.251 e. The highest BCUT2D eigenvalue weighted by molar-refractivity contribution is 5.94. The molecule has 44 heavy (non-hydrogen) atoms. The lowest BCUT2D eigenvalue weighted by Gasteiger charge is -2.49. The maximum atomic E-state index is 13.8. The molecule has 4 N–H and O–H groups in total. The molecule has 0 saturated carbocycles. The first kappa shape index (κ1) is 29.7. The fourth-order valence-corrected chi connectivity index (χ4v) is 5.48. The predicted molar refractivity (Wildman–Crippen MR) is 146 cm³/mol. The zero-order valence-corrected chi connectivity index (χ0v) is 22.9. The van der Waals surface area contributed by atoms with Crippen LogP contribution < -0.4 is 10.1 Å². The summed E-state index contributed by atoms with van der Waals surface area (Å²) in [7, 11) is 0. The number of rotatable bonds is 7. The second kappa shape index (κ2) is 12.0. The lowest BCUT2D eigenvalue weighted by atomic mass is 9.86. The molecule has 11 nitrogen and oxygen atoms in total. The number of benzene rings is 3. The van der Waals surface area contributed by atoms with Crippen LogP contribution in [0.15, 0.2) is 72.9 Å². The number of aliphatic hydroxyl groups excluding tert-OH is 3. The number of carbonyl (C=O) groups excluding carboxylic acids is 1. The Morgan fingerprint density at radius 3 is 2.41 bits per heavy atom. The van der Waals surface area contributed by atoms with Gasteiger partial charge in [0.1, 0.15) is 41.5 Å². The molecule has 2 fully saturated rings. The summed E-state index contributed by atoms with van der Waals surface area (Å²) in [4.78, 5) is 13.3. The Labute approximate surface area is 248 Å². The highest BCUT2D eigenvalue weighted by Gasteiger charge is 2.62. The number of halogens is 3. The van der Waals surface area contributed by atoms with Crippen molar-refractivity contribution in [2.45, 2.75) is 42.6 Å². The standard InChI is InChI=1S/C30H27F3N4O7/c31-20-12-17(13-21(32)25(20)33)22-14-37(36-35-22)26-27(39)23(15-38)44-30(28(26)40)24(10-11-42-30)34-29(41)16-6-8-19(9-7-16)43-18-4-2-1-3-5-18/h1-9,12-14,23-24,26-28,38-40H,10-11,15H2,(H,34,41)/t23-,24-,26+,27+,28-,30+/m1/s1. The zero-order chi connectivity index (χ0) is 31.0. The van der Waals surface area contributed by atoms with Gasteiger partial charge in [-0.25, -0.2) is 17.9 Å². The SMILES string of the molecule is O=C(N[C@@H]1CCO[C@]12O[C@H](CO)[C@H](O)[C@H](n1cc(-c3cc(F)c(F)c(F)c3)nn1)[C@H]2O)c1ccc(Oc2ccccc2)cc1. The van der Waals surface area contributed by atoms with E-state index >= 15 is 0 Å². The van der Waals surface area contributed by atoms with E-state index in [-0.39, 0.29) is 29.8 Å². The molecule has 6 atom stereocenters. The molecule has 1 amide bonds. The number of aromatic nitrogens is 3. The number of aliphatic hydroxyl groups is 3. The smallest absolute Gasteiger partial charge is 0.251 e. The number of para-hydroxylation sites is 1. The van der Waals surface area contributed by atoms with Crippen molar-refractivity contribution in [1.82, 2.24) is 20.3 Å².